The molecule has 6 atom stereocenters. The first-order valence-corrected chi connectivity index (χ1v) is 23.4. The summed E-state index contributed by atoms with van der Waals surface area (Å²) < 4.78 is 0. The number of primary amides is 1. The Bertz CT molecular complexity index is 2680. The molecule has 2 heterocycles. The molecule has 17 heteroatoms. The molecule has 0 spiro atoms. The second kappa shape index (κ2) is 24.5. The number of rotatable bonds is 25. The number of aromatic hydroxyl groups is 1. The van der Waals surface area contributed by atoms with Gasteiger partial charge in [-0.2, -0.15) is 0 Å². The van der Waals surface area contributed by atoms with E-state index in [1.807, 2.05) is 68.4 Å². The van der Waals surface area contributed by atoms with E-state index in [1.54, 1.807) is 48.8 Å². The monoisotopic (exact) mass is 940 g/mol. The van der Waals surface area contributed by atoms with Gasteiger partial charge in [0.25, 0.3) is 0 Å². The van der Waals surface area contributed by atoms with Crippen LogP contribution in [0.2, 0.25) is 0 Å². The van der Waals surface area contributed by atoms with Crippen LogP contribution in [0.5, 0.6) is 5.75 Å². The van der Waals surface area contributed by atoms with Gasteiger partial charge >= 0.3 is 0 Å². The van der Waals surface area contributed by atoms with Crippen molar-refractivity contribution in [2.45, 2.75) is 101 Å². The number of para-hydroxylation sites is 2. The highest BCUT2D eigenvalue weighted by Gasteiger charge is 2.34. The van der Waals surface area contributed by atoms with Crippen molar-refractivity contribution < 1.29 is 33.9 Å². The van der Waals surface area contributed by atoms with Crippen LogP contribution in [0, 0.1) is 5.92 Å². The van der Waals surface area contributed by atoms with Crippen LogP contribution in [0.4, 0.5) is 0 Å². The maximum absolute atomic E-state index is 14.8. The third kappa shape index (κ3) is 14.5. The summed E-state index contributed by atoms with van der Waals surface area (Å²) >= 11 is 0. The fourth-order valence-electron chi connectivity index (χ4n) is 8.34. The molecule has 6 amide bonds. The van der Waals surface area contributed by atoms with E-state index in [0.717, 1.165) is 27.4 Å². The van der Waals surface area contributed by atoms with Crippen LogP contribution in [0.1, 0.15) is 61.8 Å². The molecular weight excluding hydrogens is 877 g/mol. The number of amides is 6. The van der Waals surface area contributed by atoms with Crippen LogP contribution >= 0.6 is 0 Å². The Kier molecular flexibility index (Phi) is 18.1. The zero-order valence-electron chi connectivity index (χ0n) is 39.0. The molecule has 0 radical (unpaired) electrons. The minimum atomic E-state index is -1.28. The van der Waals surface area contributed by atoms with Crippen molar-refractivity contribution in [3.05, 3.63) is 138 Å². The van der Waals surface area contributed by atoms with Crippen LogP contribution in [0.15, 0.2) is 116 Å². The molecule has 0 fully saturated rings. The molecule has 0 saturated carbocycles. The maximum atomic E-state index is 14.8. The lowest BCUT2D eigenvalue weighted by Gasteiger charge is -2.27. The molecule has 0 saturated heterocycles. The normalized spacial score (nSPS) is 14.0. The summed E-state index contributed by atoms with van der Waals surface area (Å²) in [5.74, 6) is -3.90. The summed E-state index contributed by atoms with van der Waals surface area (Å²) in [5.41, 5.74) is 22.3. The third-order valence-electron chi connectivity index (χ3n) is 12.1. The summed E-state index contributed by atoms with van der Waals surface area (Å²) in [7, 11) is 0. The molecule has 6 aromatic rings. The number of phenolic OH excluding ortho intramolecular Hbond substituents is 1. The van der Waals surface area contributed by atoms with Crippen molar-refractivity contribution in [1.29, 1.82) is 0 Å². The molecule has 0 aliphatic carbocycles. The Morgan fingerprint density at radius 2 is 0.986 bits per heavy atom. The first-order chi connectivity index (χ1) is 33.2. The van der Waals surface area contributed by atoms with E-state index in [-0.39, 0.29) is 50.2 Å². The van der Waals surface area contributed by atoms with E-state index in [0.29, 0.717) is 36.1 Å². The van der Waals surface area contributed by atoms with Crippen molar-refractivity contribution in [2.75, 3.05) is 6.54 Å². The van der Waals surface area contributed by atoms with Gasteiger partial charge in [0.15, 0.2) is 0 Å². The zero-order valence-corrected chi connectivity index (χ0v) is 39.0. The van der Waals surface area contributed by atoms with E-state index in [9.17, 15) is 33.9 Å². The van der Waals surface area contributed by atoms with E-state index in [1.165, 1.54) is 12.1 Å². The van der Waals surface area contributed by atoms with Gasteiger partial charge in [-0.05, 0) is 91.1 Å². The Hall–Kier alpha value is -7.50. The molecule has 17 nitrogen and oxygen atoms in total. The maximum Gasteiger partial charge on any atom is 0.243 e. The number of unbranched alkanes of at least 4 members (excludes halogenated alkanes) is 1. The van der Waals surface area contributed by atoms with Crippen LogP contribution in [0.3, 0.4) is 0 Å². The molecule has 69 heavy (non-hydrogen) atoms. The van der Waals surface area contributed by atoms with Gasteiger partial charge in [-0.1, -0.05) is 92.7 Å². The molecule has 4 aromatic carbocycles. The fourth-order valence-corrected chi connectivity index (χ4v) is 8.34. The van der Waals surface area contributed by atoms with Crippen LogP contribution < -0.4 is 43.8 Å². The van der Waals surface area contributed by atoms with Gasteiger partial charge in [-0.3, -0.25) is 28.8 Å². The number of phenols is 1. The lowest BCUT2D eigenvalue weighted by molar-refractivity contribution is -0.135. The van der Waals surface area contributed by atoms with Crippen molar-refractivity contribution >= 4 is 57.2 Å². The van der Waals surface area contributed by atoms with Gasteiger partial charge in [-0.25, -0.2) is 0 Å². The minimum absolute atomic E-state index is 0.00241. The van der Waals surface area contributed by atoms with Crippen molar-refractivity contribution in [3.8, 4) is 5.75 Å². The highest BCUT2D eigenvalue weighted by atomic mass is 16.3. The number of nitrogens with two attached hydrogens (primary N) is 3. The molecular formula is C52H64N10O7. The number of carbonyl (C=O) groups excluding carboxylic acids is 6. The third-order valence-corrected chi connectivity index (χ3v) is 12.1. The number of fused-ring (bicyclic) bond motifs is 2. The average Bonchev–Trinajstić information content (AvgIpc) is 3.94. The molecule has 14 N–H and O–H groups in total. The van der Waals surface area contributed by atoms with Gasteiger partial charge in [-0.15, -0.1) is 0 Å². The molecule has 2 aromatic heterocycles. The number of aromatic nitrogens is 2. The van der Waals surface area contributed by atoms with Crippen molar-refractivity contribution in [2.24, 2.45) is 23.1 Å². The van der Waals surface area contributed by atoms with Crippen LogP contribution in [-0.2, 0) is 54.5 Å². The lowest BCUT2D eigenvalue weighted by atomic mass is 9.99. The van der Waals surface area contributed by atoms with E-state index in [4.69, 9.17) is 17.2 Å². The SMILES string of the molecule is CC(C)C[C@H](NC(=O)[C@H](CCCCN)NC(=O)[C@@H](Cc1c[nH]c2ccccc12)NC(=O)[C@H](Cc1ccccc1)NC(=O)[C@@H](Cc1c[nH]c2ccccc12)NC(=O)[C@@H](N)Cc1ccc(O)cc1)C(N)=O. The summed E-state index contributed by atoms with van der Waals surface area (Å²) in [4.78, 5) is 90.6. The number of benzene rings is 4. The number of hydrogen-bond donors (Lipinski definition) is 11. The molecule has 0 aliphatic rings. The Morgan fingerprint density at radius 1 is 0.536 bits per heavy atom. The van der Waals surface area contributed by atoms with Crippen LogP contribution in [-0.4, -0.2) is 93.3 Å². The summed E-state index contributed by atoms with van der Waals surface area (Å²) in [6.45, 7) is 4.14. The molecule has 0 bridgehead atoms. The standard InChI is InChI=1S/C52H64N10O7/c1-31(2)24-43(47(55)64)59-49(66)42(18-10-11-23-53)58-51(68)46(28-35-30-57-41-17-9-7-15-38(35)41)62-50(67)44(26-32-12-4-3-5-13-32)61-52(69)45(27-34-29-56-40-16-8-6-14-37(34)40)60-48(65)39(54)25-33-19-21-36(63)22-20-33/h3-9,12-17,19-22,29-31,39,42-46,56-57,63H,10-11,18,23-28,53-54H2,1-2H3,(H2,55,64)(H,58,68)(H,59,66)(H,60,65)(H,61,69)(H,62,67)/t39-,42-,43-,44-,45+,46+/m0/s1. The quantitative estimate of drug-likeness (QED) is 0.0376. The topological polar surface area (TPSA) is 292 Å². The molecule has 6 rings (SSSR count). The highest BCUT2D eigenvalue weighted by molar-refractivity contribution is 5.97. The fraction of sp³-hybridized carbons (Fsp3) is 0.346. The Morgan fingerprint density at radius 3 is 1.51 bits per heavy atom. The van der Waals surface area contributed by atoms with Gasteiger partial charge in [0.1, 0.15) is 36.0 Å². The van der Waals surface area contributed by atoms with Crippen molar-refractivity contribution in [3.63, 3.8) is 0 Å². The number of H-pyrrole nitrogens is 2. The van der Waals surface area contributed by atoms with Gasteiger partial charge in [0.2, 0.25) is 35.4 Å². The van der Waals surface area contributed by atoms with Crippen molar-refractivity contribution in [1.82, 2.24) is 36.6 Å². The average molecular weight is 941 g/mol. The Balaban J connectivity index is 1.30. The van der Waals surface area contributed by atoms with E-state index in [2.05, 4.69) is 36.6 Å². The van der Waals surface area contributed by atoms with Crippen LogP contribution in [0.25, 0.3) is 21.8 Å². The number of hydrogen-bond acceptors (Lipinski definition) is 9. The predicted octanol–water partition coefficient (Wildman–Crippen LogP) is 3.04. The number of aromatic amines is 2. The number of carbonyl (C=O) groups is 6. The summed E-state index contributed by atoms with van der Waals surface area (Å²) in [6.07, 6.45) is 5.16. The zero-order chi connectivity index (χ0) is 49.5. The largest absolute Gasteiger partial charge is 0.508 e. The predicted molar refractivity (Wildman–Crippen MR) is 265 cm³/mol. The second-order valence-corrected chi connectivity index (χ2v) is 17.9. The second-order valence-electron chi connectivity index (χ2n) is 17.9. The molecule has 0 aliphatic heterocycles. The number of nitrogens with one attached hydrogen (secondary N) is 7. The highest BCUT2D eigenvalue weighted by Crippen LogP contribution is 2.22. The lowest BCUT2D eigenvalue weighted by Crippen LogP contribution is -2.60. The summed E-state index contributed by atoms with van der Waals surface area (Å²) in [6, 6.07) is 23.4. The molecule has 0 unspecified atom stereocenters. The smallest absolute Gasteiger partial charge is 0.243 e. The first-order valence-electron chi connectivity index (χ1n) is 23.4. The van der Waals surface area contributed by atoms with E-state index < -0.39 is 71.7 Å². The van der Waals surface area contributed by atoms with Gasteiger partial charge in [0.05, 0.1) is 6.04 Å². The summed E-state index contributed by atoms with van der Waals surface area (Å²) in [5, 5.41) is 25.6. The molecule has 364 valence electrons. The first kappa shape index (κ1) is 50.9. The minimum Gasteiger partial charge on any atom is -0.508 e. The van der Waals surface area contributed by atoms with Gasteiger partial charge in [0, 0.05) is 53.5 Å². The van der Waals surface area contributed by atoms with E-state index >= 15 is 0 Å². The van der Waals surface area contributed by atoms with Gasteiger partial charge < -0.3 is 58.9 Å². The Labute approximate surface area is 401 Å².